The maximum atomic E-state index is 12.5. The van der Waals surface area contributed by atoms with Crippen LogP contribution in [0.25, 0.3) is 0 Å². The molecule has 0 bridgehead atoms. The van der Waals surface area contributed by atoms with Gasteiger partial charge in [0.1, 0.15) is 17.1 Å². The summed E-state index contributed by atoms with van der Waals surface area (Å²) in [6, 6.07) is 1.99. The average molecular weight is 290 g/mol. The number of benzene rings is 1. The molecule has 0 amide bonds. The molecule has 1 atom stereocenters. The van der Waals surface area contributed by atoms with E-state index in [0.29, 0.717) is 23.0 Å². The van der Waals surface area contributed by atoms with E-state index in [0.717, 1.165) is 17.3 Å². The minimum atomic E-state index is 0. The molecule has 1 aromatic rings. The molecule has 0 saturated heterocycles. The average Bonchev–Trinajstić information content (AvgIpc) is 2.35. The molecule has 3 nitrogen and oxygen atoms in total. The van der Waals surface area contributed by atoms with E-state index in [-0.39, 0.29) is 33.0 Å². The molecular weight excluding hydrogens is 266 g/mol. The Bertz CT molecular complexity index is 444. The van der Waals surface area contributed by atoms with Gasteiger partial charge in [-0.1, -0.05) is 13.8 Å². The minimum absolute atomic E-state index is 0. The van der Waals surface area contributed by atoms with Crippen molar-refractivity contribution in [1.29, 1.82) is 0 Å². The van der Waals surface area contributed by atoms with Gasteiger partial charge in [0, 0.05) is 0 Å². The van der Waals surface area contributed by atoms with Crippen molar-refractivity contribution in [3.63, 3.8) is 0 Å². The Labute approximate surface area is 135 Å². The number of methoxy groups -OCH3 is 2. The van der Waals surface area contributed by atoms with Crippen molar-refractivity contribution in [2.45, 2.75) is 27.7 Å². The topological polar surface area (TPSA) is 35.5 Å². The van der Waals surface area contributed by atoms with Crippen molar-refractivity contribution in [1.82, 2.24) is 0 Å². The summed E-state index contributed by atoms with van der Waals surface area (Å²) in [6.07, 6.45) is 0.901. The van der Waals surface area contributed by atoms with Gasteiger partial charge in [-0.2, -0.15) is 0 Å². The van der Waals surface area contributed by atoms with Gasteiger partial charge in [-0.3, -0.25) is 4.79 Å². The number of rotatable bonds is 6. The van der Waals surface area contributed by atoms with Crippen molar-refractivity contribution in [3.05, 3.63) is 22.8 Å². The monoisotopic (exact) mass is 290 g/mol. The van der Waals surface area contributed by atoms with Crippen LogP contribution in [0.1, 0.15) is 35.3 Å². The zero-order valence-electron chi connectivity index (χ0n) is 12.6. The fourth-order valence-corrected chi connectivity index (χ4v) is 3.07. The molecule has 20 heavy (non-hydrogen) atoms. The summed E-state index contributed by atoms with van der Waals surface area (Å²) in [6.45, 7) is 8.15. The fraction of sp³-hybridized carbons (Fsp3) is 0.533. The van der Waals surface area contributed by atoms with Gasteiger partial charge in [0.15, 0.2) is 5.52 Å². The molecule has 0 radical (unpaired) electrons. The van der Waals surface area contributed by atoms with Gasteiger partial charge in [0.2, 0.25) is 0 Å². The maximum absolute atomic E-state index is 12.5. The van der Waals surface area contributed by atoms with Gasteiger partial charge >= 0.3 is 18.9 Å². The summed E-state index contributed by atoms with van der Waals surface area (Å²) in [5, 5.41) is 0. The molecular formula is C15H24LiO3P. The molecule has 5 heteroatoms. The van der Waals surface area contributed by atoms with E-state index in [1.54, 1.807) is 14.2 Å². The first-order valence-corrected chi connectivity index (χ1v) is 7.63. The molecule has 108 valence electrons. The molecule has 1 aromatic carbocycles. The summed E-state index contributed by atoms with van der Waals surface area (Å²) >= 11 is 0. The third kappa shape index (κ3) is 4.52. The predicted octanol–water partition coefficient (Wildman–Crippen LogP) is 3.15. The number of carbonyl (C=O) groups is 1. The standard InChI is InChI=1S/C15H23O3P.Li.H/c1-9(2)8-19-15(16)12-13(17-5)10(3)7-11(4)14(12)18-6;;/h7,9,19H,8H2,1-6H3;;. The quantitative estimate of drug-likeness (QED) is 0.596. The van der Waals surface area contributed by atoms with Crippen LogP contribution in [-0.4, -0.2) is 44.8 Å². The van der Waals surface area contributed by atoms with E-state index in [1.807, 2.05) is 19.9 Å². The van der Waals surface area contributed by atoms with Crippen molar-refractivity contribution < 1.29 is 14.3 Å². The van der Waals surface area contributed by atoms with Gasteiger partial charge in [-0.25, -0.2) is 0 Å². The van der Waals surface area contributed by atoms with E-state index < -0.39 is 0 Å². The summed E-state index contributed by atoms with van der Waals surface area (Å²) in [4.78, 5) is 12.5. The fourth-order valence-electron chi connectivity index (χ4n) is 2.07. The Kier molecular flexibility index (Phi) is 8.52. The number of hydrogen-bond acceptors (Lipinski definition) is 3. The Morgan fingerprint density at radius 2 is 1.60 bits per heavy atom. The van der Waals surface area contributed by atoms with Crippen LogP contribution in [0.2, 0.25) is 0 Å². The Morgan fingerprint density at radius 3 is 1.95 bits per heavy atom. The molecule has 0 saturated carbocycles. The van der Waals surface area contributed by atoms with Gasteiger partial charge in [0.25, 0.3) is 0 Å². The van der Waals surface area contributed by atoms with Crippen LogP contribution in [0.5, 0.6) is 11.5 Å². The zero-order chi connectivity index (χ0) is 14.6. The first-order valence-electron chi connectivity index (χ1n) is 6.42. The number of aryl methyl sites for hydroxylation is 2. The Balaban J connectivity index is 0.00000361. The number of ether oxygens (including phenoxy) is 2. The van der Waals surface area contributed by atoms with Crippen molar-refractivity contribution in [3.8, 4) is 11.5 Å². The predicted molar refractivity (Wildman–Crippen MR) is 88.5 cm³/mol. The SMILES string of the molecule is COc1c(C)cc(C)c(OC)c1C(=O)PCC(C)C.[LiH]. The summed E-state index contributed by atoms with van der Waals surface area (Å²) in [5.74, 6) is 1.80. The third-order valence-corrected chi connectivity index (χ3v) is 4.50. The molecule has 0 fully saturated rings. The second kappa shape index (κ2) is 8.73. The van der Waals surface area contributed by atoms with Crippen LogP contribution >= 0.6 is 8.58 Å². The number of hydrogen-bond donors (Lipinski definition) is 0. The molecule has 1 unspecified atom stereocenters. The van der Waals surface area contributed by atoms with Crippen LogP contribution in [0.3, 0.4) is 0 Å². The summed E-state index contributed by atoms with van der Waals surface area (Å²) in [7, 11) is 3.45. The van der Waals surface area contributed by atoms with E-state index >= 15 is 0 Å². The molecule has 1 rings (SSSR count). The molecule has 0 aromatic heterocycles. The zero-order valence-corrected chi connectivity index (χ0v) is 13.6. The van der Waals surface area contributed by atoms with Gasteiger partial charge in [-0.05, 0) is 51.7 Å². The van der Waals surface area contributed by atoms with Crippen molar-refractivity contribution >= 4 is 33.0 Å². The molecule has 0 aliphatic carbocycles. The van der Waals surface area contributed by atoms with E-state index in [1.165, 1.54) is 0 Å². The van der Waals surface area contributed by atoms with Gasteiger partial charge < -0.3 is 9.47 Å². The van der Waals surface area contributed by atoms with Crippen LogP contribution in [0.4, 0.5) is 0 Å². The molecule has 0 heterocycles. The second-order valence-electron chi connectivity index (χ2n) is 5.06. The third-order valence-electron chi connectivity index (χ3n) is 2.91. The molecule has 0 N–H and O–H groups in total. The molecule has 0 aliphatic rings. The van der Waals surface area contributed by atoms with E-state index in [2.05, 4.69) is 13.8 Å². The van der Waals surface area contributed by atoms with E-state index in [9.17, 15) is 4.79 Å². The van der Waals surface area contributed by atoms with Crippen LogP contribution < -0.4 is 9.47 Å². The van der Waals surface area contributed by atoms with Crippen LogP contribution in [0, 0.1) is 19.8 Å². The summed E-state index contributed by atoms with van der Waals surface area (Å²) < 4.78 is 10.8. The molecule has 0 spiro atoms. The first-order chi connectivity index (χ1) is 8.92. The van der Waals surface area contributed by atoms with Crippen molar-refractivity contribution in [2.24, 2.45) is 5.92 Å². The number of carbonyl (C=O) groups excluding carboxylic acids is 1. The van der Waals surface area contributed by atoms with E-state index in [4.69, 9.17) is 9.47 Å². The van der Waals surface area contributed by atoms with Crippen LogP contribution in [0.15, 0.2) is 6.07 Å². The Morgan fingerprint density at radius 1 is 1.15 bits per heavy atom. The Hall–Kier alpha value is -0.483. The second-order valence-corrected chi connectivity index (χ2v) is 6.27. The summed E-state index contributed by atoms with van der Waals surface area (Å²) in [5.41, 5.74) is 2.66. The normalized spacial score (nSPS) is 10.8. The van der Waals surface area contributed by atoms with Gasteiger partial charge in [-0.15, -0.1) is 0 Å². The van der Waals surface area contributed by atoms with Crippen LogP contribution in [-0.2, 0) is 0 Å². The first kappa shape index (κ1) is 19.5. The van der Waals surface area contributed by atoms with Gasteiger partial charge in [0.05, 0.1) is 14.2 Å². The van der Waals surface area contributed by atoms with Crippen molar-refractivity contribution in [2.75, 3.05) is 20.4 Å². The molecule has 0 aliphatic heterocycles.